The van der Waals surface area contributed by atoms with Crippen LogP contribution in [-0.2, 0) is 19.6 Å². The smallest absolute Gasteiger partial charge is 0.250 e. The molecule has 0 bridgehead atoms. The van der Waals surface area contributed by atoms with Gasteiger partial charge in [-0.05, 0) is 63.6 Å². The van der Waals surface area contributed by atoms with Gasteiger partial charge < -0.3 is 10.2 Å². The maximum Gasteiger partial charge on any atom is 0.250 e. The number of fused-ring (bicyclic) bond motifs is 3. The zero-order valence-electron chi connectivity index (χ0n) is 18.3. The number of nitrogens with one attached hydrogen (secondary N) is 1. The van der Waals surface area contributed by atoms with Crippen molar-refractivity contribution in [3.63, 3.8) is 0 Å². The molecule has 0 spiro atoms. The Hall–Kier alpha value is -2.13. The normalized spacial score (nSPS) is 22.8. The van der Waals surface area contributed by atoms with Gasteiger partial charge in [0, 0.05) is 25.7 Å². The second-order valence-electron chi connectivity index (χ2n) is 8.77. The van der Waals surface area contributed by atoms with E-state index in [0.717, 1.165) is 50.8 Å². The van der Waals surface area contributed by atoms with Crippen LogP contribution in [0, 0.1) is 0 Å². The molecule has 2 fully saturated rings. The average Bonchev–Trinajstić information content (AvgIpc) is 3.32. The maximum atomic E-state index is 13.4. The summed E-state index contributed by atoms with van der Waals surface area (Å²) in [5, 5.41) is 2.92. The van der Waals surface area contributed by atoms with Crippen LogP contribution in [-0.4, -0.2) is 62.8 Å². The van der Waals surface area contributed by atoms with Crippen LogP contribution in [0.1, 0.15) is 52.4 Å². The Kier molecular flexibility index (Phi) is 6.25. The summed E-state index contributed by atoms with van der Waals surface area (Å²) < 4.78 is 27.8. The van der Waals surface area contributed by atoms with Crippen LogP contribution in [0.5, 0.6) is 0 Å². The lowest BCUT2D eigenvalue weighted by molar-refractivity contribution is -0.125. The molecular weight excluding hydrogens is 416 g/mol. The van der Waals surface area contributed by atoms with Gasteiger partial charge in [0.05, 0.1) is 16.3 Å². The number of carbonyl (C=O) groups is 2. The molecule has 3 aliphatic rings. The molecule has 3 heterocycles. The van der Waals surface area contributed by atoms with Crippen molar-refractivity contribution in [2.24, 2.45) is 0 Å². The van der Waals surface area contributed by atoms with Crippen LogP contribution in [0.4, 0.5) is 11.4 Å². The van der Waals surface area contributed by atoms with E-state index in [4.69, 9.17) is 0 Å². The van der Waals surface area contributed by atoms with Crippen LogP contribution in [0.3, 0.4) is 0 Å². The summed E-state index contributed by atoms with van der Waals surface area (Å²) in [6, 6.07) is 4.76. The first-order chi connectivity index (χ1) is 14.8. The van der Waals surface area contributed by atoms with E-state index in [1.54, 1.807) is 12.1 Å². The van der Waals surface area contributed by atoms with Gasteiger partial charge in [-0.1, -0.05) is 6.92 Å². The molecular formula is C22H32N4O4S. The Bertz CT molecular complexity index is 958. The summed E-state index contributed by atoms with van der Waals surface area (Å²) in [5.74, 6) is -0.354. The molecule has 0 radical (unpaired) electrons. The molecule has 0 saturated carbocycles. The molecule has 0 aromatic heterocycles. The summed E-state index contributed by atoms with van der Waals surface area (Å²) in [7, 11) is -3.62. The Morgan fingerprint density at radius 3 is 2.55 bits per heavy atom. The van der Waals surface area contributed by atoms with Gasteiger partial charge in [-0.2, -0.15) is 4.31 Å². The van der Waals surface area contributed by atoms with E-state index >= 15 is 0 Å². The van der Waals surface area contributed by atoms with Crippen molar-refractivity contribution in [3.8, 4) is 0 Å². The minimum absolute atomic E-state index is 0.0138. The molecule has 0 unspecified atom stereocenters. The Labute approximate surface area is 184 Å². The Morgan fingerprint density at radius 2 is 1.84 bits per heavy atom. The number of anilines is 2. The molecule has 4 rings (SSSR count). The first kappa shape index (κ1) is 22.1. The molecule has 3 aliphatic heterocycles. The van der Waals surface area contributed by atoms with Gasteiger partial charge in [0.15, 0.2) is 0 Å². The molecule has 1 aromatic carbocycles. The summed E-state index contributed by atoms with van der Waals surface area (Å²) in [5.41, 5.74) is 1.35. The van der Waals surface area contributed by atoms with Crippen molar-refractivity contribution in [1.29, 1.82) is 0 Å². The van der Waals surface area contributed by atoms with Gasteiger partial charge in [-0.3, -0.25) is 14.5 Å². The van der Waals surface area contributed by atoms with Crippen LogP contribution in [0.2, 0.25) is 0 Å². The fourth-order valence-electron chi connectivity index (χ4n) is 4.70. The number of benzene rings is 1. The maximum absolute atomic E-state index is 13.4. The molecule has 170 valence electrons. The third-order valence-corrected chi connectivity index (χ3v) is 8.52. The highest BCUT2D eigenvalue weighted by Gasteiger charge is 2.41. The first-order valence-electron chi connectivity index (χ1n) is 11.3. The molecule has 2 amide bonds. The number of hydrogen-bond donors (Lipinski definition) is 1. The van der Waals surface area contributed by atoms with Crippen molar-refractivity contribution >= 4 is 33.2 Å². The topological polar surface area (TPSA) is 90.0 Å². The van der Waals surface area contributed by atoms with Crippen molar-refractivity contribution in [1.82, 2.24) is 9.62 Å². The Balaban J connectivity index is 1.72. The van der Waals surface area contributed by atoms with Gasteiger partial charge in [0.25, 0.3) is 0 Å². The van der Waals surface area contributed by atoms with Crippen molar-refractivity contribution < 1.29 is 18.0 Å². The van der Waals surface area contributed by atoms with E-state index < -0.39 is 10.0 Å². The highest BCUT2D eigenvalue weighted by Crippen LogP contribution is 2.41. The number of hydrogen-bond acceptors (Lipinski definition) is 5. The SMILES string of the molecule is CC[C@@H](C)NC(=O)CN1C(=O)[C@H]2CCCCN2c2ccc(S(=O)(=O)N3CCCC3)cc21. The van der Waals surface area contributed by atoms with Gasteiger partial charge in [0.1, 0.15) is 12.6 Å². The van der Waals surface area contributed by atoms with Crippen LogP contribution < -0.4 is 15.1 Å². The van der Waals surface area contributed by atoms with E-state index in [0.29, 0.717) is 18.8 Å². The second kappa shape index (κ2) is 8.78. The lowest BCUT2D eigenvalue weighted by Crippen LogP contribution is -2.57. The highest BCUT2D eigenvalue weighted by molar-refractivity contribution is 7.89. The zero-order chi connectivity index (χ0) is 22.2. The largest absolute Gasteiger partial charge is 0.358 e. The molecule has 0 aliphatic carbocycles. The summed E-state index contributed by atoms with van der Waals surface area (Å²) in [6.07, 6.45) is 5.22. The number of amides is 2. The fraction of sp³-hybridized carbons (Fsp3) is 0.636. The van der Waals surface area contributed by atoms with E-state index in [-0.39, 0.29) is 35.3 Å². The molecule has 8 nitrogen and oxygen atoms in total. The van der Waals surface area contributed by atoms with Gasteiger partial charge >= 0.3 is 0 Å². The molecule has 1 aromatic rings. The summed E-state index contributed by atoms with van der Waals surface area (Å²) >= 11 is 0. The lowest BCUT2D eigenvalue weighted by Gasteiger charge is -2.45. The predicted molar refractivity (Wildman–Crippen MR) is 120 cm³/mol. The predicted octanol–water partition coefficient (Wildman–Crippen LogP) is 2.09. The van der Waals surface area contributed by atoms with Gasteiger partial charge in [-0.15, -0.1) is 0 Å². The monoisotopic (exact) mass is 448 g/mol. The molecule has 31 heavy (non-hydrogen) atoms. The molecule has 1 N–H and O–H groups in total. The standard InChI is InChI=1S/C22H32N4O4S/c1-3-16(2)23-21(27)15-26-20-14-17(31(29,30)24-11-6-7-12-24)9-10-18(20)25-13-5-4-8-19(25)22(26)28/h9-10,14,16,19H,3-8,11-13,15H2,1-2H3,(H,23,27)/t16-,19-/m1/s1. The zero-order valence-corrected chi connectivity index (χ0v) is 19.2. The second-order valence-corrected chi connectivity index (χ2v) is 10.7. The van der Waals surface area contributed by atoms with Crippen molar-refractivity contribution in [3.05, 3.63) is 18.2 Å². The average molecular weight is 449 g/mol. The number of piperidine rings is 1. The van der Waals surface area contributed by atoms with Crippen LogP contribution in [0.25, 0.3) is 0 Å². The van der Waals surface area contributed by atoms with Crippen LogP contribution >= 0.6 is 0 Å². The van der Waals surface area contributed by atoms with E-state index in [9.17, 15) is 18.0 Å². The third-order valence-electron chi connectivity index (χ3n) is 6.63. The molecule has 9 heteroatoms. The quantitative estimate of drug-likeness (QED) is 0.720. The summed E-state index contributed by atoms with van der Waals surface area (Å²) in [4.78, 5) is 29.8. The fourth-order valence-corrected chi connectivity index (χ4v) is 6.24. The number of sulfonamides is 1. The van der Waals surface area contributed by atoms with E-state index in [2.05, 4.69) is 10.2 Å². The lowest BCUT2D eigenvalue weighted by atomic mass is 9.96. The van der Waals surface area contributed by atoms with Crippen molar-refractivity contribution in [2.75, 3.05) is 36.0 Å². The minimum Gasteiger partial charge on any atom is -0.358 e. The van der Waals surface area contributed by atoms with Crippen molar-refractivity contribution in [2.45, 2.75) is 69.4 Å². The van der Waals surface area contributed by atoms with E-state index in [1.807, 2.05) is 19.9 Å². The first-order valence-corrected chi connectivity index (χ1v) is 12.8. The number of carbonyl (C=O) groups excluding carboxylic acids is 2. The van der Waals surface area contributed by atoms with Crippen LogP contribution in [0.15, 0.2) is 23.1 Å². The third kappa shape index (κ3) is 4.17. The van der Waals surface area contributed by atoms with Gasteiger partial charge in [0.2, 0.25) is 21.8 Å². The Morgan fingerprint density at radius 1 is 1.13 bits per heavy atom. The summed E-state index contributed by atoms with van der Waals surface area (Å²) in [6.45, 7) is 5.61. The van der Waals surface area contributed by atoms with E-state index in [1.165, 1.54) is 9.21 Å². The minimum atomic E-state index is -3.62. The number of nitrogens with zero attached hydrogens (tertiary/aromatic N) is 3. The van der Waals surface area contributed by atoms with Gasteiger partial charge in [-0.25, -0.2) is 8.42 Å². The highest BCUT2D eigenvalue weighted by atomic mass is 32.2. The molecule has 2 atom stereocenters. The molecule has 2 saturated heterocycles. The number of rotatable bonds is 6.